The zero-order valence-electron chi connectivity index (χ0n) is 31.4. The number of allylic oxidation sites excluding steroid dienone is 2. The van der Waals surface area contributed by atoms with Gasteiger partial charge in [0.1, 0.15) is 12.4 Å². The van der Waals surface area contributed by atoms with Crippen molar-refractivity contribution in [1.29, 1.82) is 0 Å². The number of aliphatic hydroxyl groups is 1. The molecule has 6 atom stereocenters. The summed E-state index contributed by atoms with van der Waals surface area (Å²) in [7, 11) is 0. The summed E-state index contributed by atoms with van der Waals surface area (Å²) in [6.07, 6.45) is 2.59. The van der Waals surface area contributed by atoms with Gasteiger partial charge in [0.05, 0.1) is 41.2 Å². The predicted molar refractivity (Wildman–Crippen MR) is 216 cm³/mol. The van der Waals surface area contributed by atoms with Crippen LogP contribution in [0, 0.1) is 30.6 Å². The van der Waals surface area contributed by atoms with Gasteiger partial charge in [-0.3, -0.25) is 29.5 Å². The molecule has 4 amide bonds. The maximum absolute atomic E-state index is 15.4. The maximum Gasteiger partial charge on any atom is 0.260 e. The van der Waals surface area contributed by atoms with Gasteiger partial charge in [-0.15, -0.1) is 0 Å². The Morgan fingerprint density at radius 2 is 1.37 bits per heavy atom. The molecule has 4 aliphatic rings. The summed E-state index contributed by atoms with van der Waals surface area (Å²) in [6.45, 7) is 1.96. The Balaban J connectivity index is 1.13. The van der Waals surface area contributed by atoms with Crippen molar-refractivity contribution in [2.24, 2.45) is 23.7 Å². The second-order valence-corrected chi connectivity index (χ2v) is 15.3. The average Bonchev–Trinajstić information content (AvgIpc) is 3.62. The fourth-order valence-electron chi connectivity index (χ4n) is 9.68. The standard InChI is InChI=1S/C47H42N4O6/c1-29-12-16-34(17-13-29)49-51-44(54)40-28-39-37(42(30-14-22-36(23-15-30)57-27-26-52)47(40,46(51)56)31-8-4-2-5-9-31)24-25-38-41(39)45(55)50(43(38)53)35-20-18-33(19-21-35)48-32-10-6-3-7-11-32/h2-24,38-42,48-49,52H,25-28H2,1H3. The highest BCUT2D eigenvalue weighted by Crippen LogP contribution is 2.64. The minimum atomic E-state index is -1.37. The smallest absolute Gasteiger partial charge is 0.260 e. The number of hydrazine groups is 1. The molecule has 0 bridgehead atoms. The van der Waals surface area contributed by atoms with E-state index in [2.05, 4.69) is 16.8 Å². The number of aliphatic hydroxyl groups excluding tert-OH is 1. The highest BCUT2D eigenvalue weighted by molar-refractivity contribution is 6.22. The number of hydrogen-bond acceptors (Lipinski definition) is 8. The SMILES string of the molecule is Cc1ccc(NN2C(=O)C3CC4C(=CCC5C(=O)N(c6ccc(Nc7ccccc7)cc6)C(=O)C54)C(c4ccc(OCCO)cc4)C3(c3ccccc3)C2=O)cc1. The lowest BCUT2D eigenvalue weighted by atomic mass is 9.49. The second-order valence-electron chi connectivity index (χ2n) is 15.3. The zero-order chi connectivity index (χ0) is 39.3. The van der Waals surface area contributed by atoms with Crippen molar-refractivity contribution in [1.82, 2.24) is 5.01 Å². The first-order chi connectivity index (χ1) is 27.8. The Bertz CT molecular complexity index is 2370. The Morgan fingerprint density at radius 3 is 2.05 bits per heavy atom. The average molecular weight is 759 g/mol. The molecular formula is C47H42N4O6. The minimum Gasteiger partial charge on any atom is -0.491 e. The molecule has 2 saturated heterocycles. The Morgan fingerprint density at radius 1 is 0.719 bits per heavy atom. The molecule has 6 unspecified atom stereocenters. The van der Waals surface area contributed by atoms with Crippen LogP contribution in [0.25, 0.3) is 0 Å². The molecule has 2 aliphatic carbocycles. The topological polar surface area (TPSA) is 128 Å². The van der Waals surface area contributed by atoms with Crippen LogP contribution < -0.4 is 20.4 Å². The number of hydrogen-bond donors (Lipinski definition) is 3. The number of fused-ring (bicyclic) bond motifs is 4. The van der Waals surface area contributed by atoms with Crippen molar-refractivity contribution in [2.45, 2.75) is 31.1 Å². The molecule has 0 radical (unpaired) electrons. The third-order valence-electron chi connectivity index (χ3n) is 12.2. The van der Waals surface area contributed by atoms with E-state index in [1.807, 2.05) is 116 Å². The Labute approximate surface area is 330 Å². The number of nitrogens with one attached hydrogen (secondary N) is 2. The first-order valence-electron chi connectivity index (χ1n) is 19.4. The van der Waals surface area contributed by atoms with Crippen LogP contribution in [0.1, 0.15) is 35.4 Å². The van der Waals surface area contributed by atoms with E-state index < -0.39 is 35.0 Å². The van der Waals surface area contributed by atoms with Crippen LogP contribution in [-0.2, 0) is 24.6 Å². The van der Waals surface area contributed by atoms with Gasteiger partial charge in [0.15, 0.2) is 0 Å². The van der Waals surface area contributed by atoms with E-state index in [-0.39, 0.29) is 43.3 Å². The van der Waals surface area contributed by atoms with Gasteiger partial charge < -0.3 is 15.2 Å². The first kappa shape index (κ1) is 36.1. The van der Waals surface area contributed by atoms with E-state index in [4.69, 9.17) is 4.74 Å². The van der Waals surface area contributed by atoms with E-state index >= 15 is 4.79 Å². The molecule has 0 spiro atoms. The van der Waals surface area contributed by atoms with Crippen molar-refractivity contribution < 1.29 is 29.0 Å². The number of rotatable bonds is 10. The van der Waals surface area contributed by atoms with Gasteiger partial charge >= 0.3 is 0 Å². The number of amides is 4. The van der Waals surface area contributed by atoms with Crippen molar-refractivity contribution in [3.8, 4) is 5.75 Å². The predicted octanol–water partition coefficient (Wildman–Crippen LogP) is 7.30. The Kier molecular flexibility index (Phi) is 9.21. The quantitative estimate of drug-likeness (QED) is 0.100. The monoisotopic (exact) mass is 758 g/mol. The third-order valence-corrected chi connectivity index (χ3v) is 12.2. The number of carbonyl (C=O) groups excluding carboxylic acids is 4. The fraction of sp³-hybridized carbons (Fsp3) is 0.234. The number of benzene rings is 5. The van der Waals surface area contributed by atoms with E-state index in [1.165, 1.54) is 9.91 Å². The fourth-order valence-corrected chi connectivity index (χ4v) is 9.68. The number of anilines is 4. The molecule has 0 aromatic heterocycles. The van der Waals surface area contributed by atoms with Gasteiger partial charge in [0, 0.05) is 17.3 Å². The van der Waals surface area contributed by atoms with Gasteiger partial charge in [0.25, 0.3) is 11.8 Å². The second kappa shape index (κ2) is 14.5. The summed E-state index contributed by atoms with van der Waals surface area (Å²) in [4.78, 5) is 60.6. The summed E-state index contributed by atoms with van der Waals surface area (Å²) in [5, 5.41) is 13.9. The van der Waals surface area contributed by atoms with Crippen LogP contribution in [-0.4, -0.2) is 47.0 Å². The maximum atomic E-state index is 15.4. The first-order valence-corrected chi connectivity index (χ1v) is 19.4. The van der Waals surface area contributed by atoms with Gasteiger partial charge in [-0.1, -0.05) is 90.0 Å². The summed E-state index contributed by atoms with van der Waals surface area (Å²) < 4.78 is 5.71. The third kappa shape index (κ3) is 5.99. The van der Waals surface area contributed by atoms with Crippen molar-refractivity contribution in [3.63, 3.8) is 0 Å². The number of para-hydroxylation sites is 1. The number of aryl methyl sites for hydroxylation is 1. The molecule has 1 saturated carbocycles. The van der Waals surface area contributed by atoms with E-state index in [0.717, 1.165) is 28.1 Å². The largest absolute Gasteiger partial charge is 0.491 e. The lowest BCUT2D eigenvalue weighted by Gasteiger charge is -2.50. The molecule has 2 heterocycles. The van der Waals surface area contributed by atoms with E-state index in [1.54, 1.807) is 24.3 Å². The van der Waals surface area contributed by atoms with Gasteiger partial charge in [-0.2, -0.15) is 5.01 Å². The summed E-state index contributed by atoms with van der Waals surface area (Å²) in [6, 6.07) is 41.4. The van der Waals surface area contributed by atoms with Crippen LogP contribution in [0.15, 0.2) is 145 Å². The van der Waals surface area contributed by atoms with E-state index in [0.29, 0.717) is 29.1 Å². The summed E-state index contributed by atoms with van der Waals surface area (Å²) in [5.41, 5.74) is 8.01. The summed E-state index contributed by atoms with van der Waals surface area (Å²) >= 11 is 0. The van der Waals surface area contributed by atoms with Crippen LogP contribution >= 0.6 is 0 Å². The number of carbonyl (C=O) groups is 4. The van der Waals surface area contributed by atoms with Crippen molar-refractivity contribution >= 4 is 46.4 Å². The molecule has 57 heavy (non-hydrogen) atoms. The molecule has 3 N–H and O–H groups in total. The normalized spacial score (nSPS) is 25.1. The molecule has 10 nitrogen and oxygen atoms in total. The highest BCUT2D eigenvalue weighted by atomic mass is 16.5. The number of imide groups is 2. The van der Waals surface area contributed by atoms with Crippen molar-refractivity contribution in [3.05, 3.63) is 162 Å². The molecule has 2 aliphatic heterocycles. The van der Waals surface area contributed by atoms with Crippen molar-refractivity contribution in [2.75, 3.05) is 28.9 Å². The molecular weight excluding hydrogens is 717 g/mol. The molecule has 10 heteroatoms. The minimum absolute atomic E-state index is 0.126. The lowest BCUT2D eigenvalue weighted by molar-refractivity contribution is -0.138. The molecule has 5 aromatic carbocycles. The van der Waals surface area contributed by atoms with Crippen LogP contribution in [0.3, 0.4) is 0 Å². The molecule has 3 fully saturated rings. The summed E-state index contributed by atoms with van der Waals surface area (Å²) in [5.74, 6) is -4.10. The van der Waals surface area contributed by atoms with Gasteiger partial charge in [0.2, 0.25) is 11.8 Å². The van der Waals surface area contributed by atoms with Crippen LogP contribution in [0.2, 0.25) is 0 Å². The van der Waals surface area contributed by atoms with Gasteiger partial charge in [-0.05, 0) is 97.5 Å². The molecule has 5 aromatic rings. The number of nitrogens with zero attached hydrogens (tertiary/aromatic N) is 2. The lowest BCUT2D eigenvalue weighted by Crippen LogP contribution is -2.53. The highest BCUT2D eigenvalue weighted by Gasteiger charge is 2.70. The molecule has 286 valence electrons. The zero-order valence-corrected chi connectivity index (χ0v) is 31.4. The number of ether oxygens (including phenoxy) is 1. The molecule has 9 rings (SSSR count). The van der Waals surface area contributed by atoms with Crippen LogP contribution in [0.4, 0.5) is 22.7 Å². The van der Waals surface area contributed by atoms with Crippen LogP contribution in [0.5, 0.6) is 5.75 Å². The van der Waals surface area contributed by atoms with Gasteiger partial charge in [-0.25, -0.2) is 0 Å². The Hall–Kier alpha value is -6.52. The van der Waals surface area contributed by atoms with E-state index in [9.17, 15) is 19.5 Å².